The van der Waals surface area contributed by atoms with E-state index < -0.39 is 0 Å². The van der Waals surface area contributed by atoms with Crippen molar-refractivity contribution in [3.8, 4) is 11.1 Å². The van der Waals surface area contributed by atoms with Crippen LogP contribution in [0.3, 0.4) is 0 Å². The first-order valence-electron chi connectivity index (χ1n) is 7.34. The predicted octanol–water partition coefficient (Wildman–Crippen LogP) is 5.46. The molecule has 0 aliphatic rings. The molecule has 0 saturated heterocycles. The summed E-state index contributed by atoms with van der Waals surface area (Å²) in [7, 11) is 0. The van der Waals surface area contributed by atoms with Crippen molar-refractivity contribution in [1.82, 2.24) is 5.32 Å². The van der Waals surface area contributed by atoms with E-state index in [4.69, 9.17) is 11.6 Å². The van der Waals surface area contributed by atoms with Gasteiger partial charge < -0.3 is 5.32 Å². The molecule has 106 valence electrons. The maximum Gasteiger partial charge on any atom is 0.0406 e. The predicted molar refractivity (Wildman–Crippen MR) is 88.2 cm³/mol. The smallest absolute Gasteiger partial charge is 0.0406 e. The molecular weight excluding hydrogens is 266 g/mol. The third-order valence-electron chi connectivity index (χ3n) is 3.52. The zero-order valence-corrected chi connectivity index (χ0v) is 13.0. The third kappa shape index (κ3) is 3.84. The van der Waals surface area contributed by atoms with Crippen LogP contribution in [-0.2, 0) is 0 Å². The summed E-state index contributed by atoms with van der Waals surface area (Å²) in [6, 6.07) is 17.2. The Morgan fingerprint density at radius 2 is 1.75 bits per heavy atom. The molecule has 1 nitrogen and oxygen atoms in total. The van der Waals surface area contributed by atoms with Crippen molar-refractivity contribution in [2.75, 3.05) is 6.54 Å². The highest BCUT2D eigenvalue weighted by Crippen LogP contribution is 2.25. The lowest BCUT2D eigenvalue weighted by molar-refractivity contribution is 0.518. The molecule has 2 aromatic carbocycles. The van der Waals surface area contributed by atoms with Gasteiger partial charge in [0.05, 0.1) is 0 Å². The van der Waals surface area contributed by atoms with E-state index in [0.29, 0.717) is 6.04 Å². The van der Waals surface area contributed by atoms with E-state index in [-0.39, 0.29) is 0 Å². The molecule has 2 rings (SSSR count). The monoisotopic (exact) mass is 287 g/mol. The first-order valence-corrected chi connectivity index (χ1v) is 7.71. The van der Waals surface area contributed by atoms with Gasteiger partial charge in [-0.15, -0.1) is 0 Å². The second kappa shape index (κ2) is 7.47. The van der Waals surface area contributed by atoms with Gasteiger partial charge in [-0.05, 0) is 54.3 Å². The quantitative estimate of drug-likeness (QED) is 0.744. The molecule has 2 heteroatoms. The van der Waals surface area contributed by atoms with E-state index in [1.165, 1.54) is 16.7 Å². The van der Waals surface area contributed by atoms with E-state index in [1.807, 2.05) is 12.1 Å². The summed E-state index contributed by atoms with van der Waals surface area (Å²) in [6.45, 7) is 5.48. The van der Waals surface area contributed by atoms with Crippen LogP contribution in [0.4, 0.5) is 0 Å². The number of halogens is 1. The largest absolute Gasteiger partial charge is 0.310 e. The van der Waals surface area contributed by atoms with Gasteiger partial charge in [0.1, 0.15) is 0 Å². The normalized spacial score (nSPS) is 12.3. The standard InChI is InChI=1S/C18H22ClN/c1-3-12-20-18(4-2)16-7-5-6-15(13-16)14-8-10-17(19)11-9-14/h5-11,13,18,20H,3-4,12H2,1-2H3. The molecular formula is C18H22ClN. The SMILES string of the molecule is CCCNC(CC)c1cccc(-c2ccc(Cl)cc2)c1. The third-order valence-corrected chi connectivity index (χ3v) is 3.77. The fourth-order valence-corrected chi connectivity index (χ4v) is 2.52. The molecule has 0 radical (unpaired) electrons. The summed E-state index contributed by atoms with van der Waals surface area (Å²) in [5, 5.41) is 4.38. The van der Waals surface area contributed by atoms with Gasteiger partial charge in [0.15, 0.2) is 0 Å². The van der Waals surface area contributed by atoms with Crippen LogP contribution in [0.15, 0.2) is 48.5 Å². The summed E-state index contributed by atoms with van der Waals surface area (Å²) in [5.41, 5.74) is 3.81. The Morgan fingerprint density at radius 3 is 2.40 bits per heavy atom. The molecule has 0 aliphatic heterocycles. The van der Waals surface area contributed by atoms with Crippen molar-refractivity contribution in [3.63, 3.8) is 0 Å². The van der Waals surface area contributed by atoms with E-state index in [9.17, 15) is 0 Å². The van der Waals surface area contributed by atoms with Gasteiger partial charge in [-0.25, -0.2) is 0 Å². The van der Waals surface area contributed by atoms with Crippen molar-refractivity contribution in [2.45, 2.75) is 32.7 Å². The maximum absolute atomic E-state index is 5.95. The number of rotatable bonds is 6. The van der Waals surface area contributed by atoms with Crippen LogP contribution < -0.4 is 5.32 Å². The van der Waals surface area contributed by atoms with Crippen LogP contribution in [0.5, 0.6) is 0 Å². The Labute approximate surface area is 127 Å². The Morgan fingerprint density at radius 1 is 1.00 bits per heavy atom. The molecule has 0 aromatic heterocycles. The van der Waals surface area contributed by atoms with Crippen LogP contribution in [0.1, 0.15) is 38.3 Å². The first-order chi connectivity index (χ1) is 9.74. The topological polar surface area (TPSA) is 12.0 Å². The van der Waals surface area contributed by atoms with Gasteiger partial charge in [0.2, 0.25) is 0 Å². The lowest BCUT2D eigenvalue weighted by atomic mass is 9.98. The zero-order chi connectivity index (χ0) is 14.4. The molecule has 0 bridgehead atoms. The van der Waals surface area contributed by atoms with E-state index in [0.717, 1.165) is 24.4 Å². The number of nitrogens with one attached hydrogen (secondary N) is 1. The molecule has 0 spiro atoms. The van der Waals surface area contributed by atoms with Crippen molar-refractivity contribution in [1.29, 1.82) is 0 Å². The minimum atomic E-state index is 0.433. The molecule has 1 atom stereocenters. The van der Waals surface area contributed by atoms with Crippen molar-refractivity contribution >= 4 is 11.6 Å². The second-order valence-corrected chi connectivity index (χ2v) is 5.48. The van der Waals surface area contributed by atoms with Crippen LogP contribution in [0.2, 0.25) is 5.02 Å². The lowest BCUT2D eigenvalue weighted by Gasteiger charge is -2.18. The summed E-state index contributed by atoms with van der Waals surface area (Å²) < 4.78 is 0. The highest BCUT2D eigenvalue weighted by molar-refractivity contribution is 6.30. The fourth-order valence-electron chi connectivity index (χ4n) is 2.39. The summed E-state index contributed by atoms with van der Waals surface area (Å²) in [5.74, 6) is 0. The van der Waals surface area contributed by atoms with Gasteiger partial charge in [0.25, 0.3) is 0 Å². The minimum Gasteiger partial charge on any atom is -0.310 e. The Balaban J connectivity index is 2.24. The van der Waals surface area contributed by atoms with Crippen molar-refractivity contribution in [2.24, 2.45) is 0 Å². The summed E-state index contributed by atoms with van der Waals surface area (Å²) >= 11 is 5.95. The Kier molecular flexibility index (Phi) is 5.63. The lowest BCUT2D eigenvalue weighted by Crippen LogP contribution is -2.21. The molecule has 0 saturated carbocycles. The second-order valence-electron chi connectivity index (χ2n) is 5.05. The average Bonchev–Trinajstić information content (AvgIpc) is 2.49. The Bertz CT molecular complexity index is 533. The highest BCUT2D eigenvalue weighted by atomic mass is 35.5. The van der Waals surface area contributed by atoms with Crippen molar-refractivity contribution < 1.29 is 0 Å². The summed E-state index contributed by atoms with van der Waals surface area (Å²) in [4.78, 5) is 0. The van der Waals surface area contributed by atoms with Gasteiger partial charge in [0, 0.05) is 11.1 Å². The molecule has 0 fully saturated rings. The van der Waals surface area contributed by atoms with Crippen molar-refractivity contribution in [3.05, 3.63) is 59.1 Å². The zero-order valence-electron chi connectivity index (χ0n) is 12.2. The van der Waals surface area contributed by atoms with E-state index >= 15 is 0 Å². The van der Waals surface area contributed by atoms with Crippen LogP contribution >= 0.6 is 11.6 Å². The number of benzene rings is 2. The molecule has 0 aliphatic carbocycles. The molecule has 0 heterocycles. The molecule has 0 amide bonds. The Hall–Kier alpha value is -1.31. The fraction of sp³-hybridized carbons (Fsp3) is 0.333. The molecule has 2 aromatic rings. The van der Waals surface area contributed by atoms with Crippen LogP contribution in [0.25, 0.3) is 11.1 Å². The van der Waals surface area contributed by atoms with Gasteiger partial charge in [-0.1, -0.05) is 55.8 Å². The molecule has 20 heavy (non-hydrogen) atoms. The summed E-state index contributed by atoms with van der Waals surface area (Å²) in [6.07, 6.45) is 2.26. The van der Waals surface area contributed by atoms with Crippen LogP contribution in [-0.4, -0.2) is 6.54 Å². The first kappa shape index (κ1) is 15.1. The average molecular weight is 288 g/mol. The molecule has 1 unspecified atom stereocenters. The molecule has 1 N–H and O–H groups in total. The van der Waals surface area contributed by atoms with Gasteiger partial charge in [-0.2, -0.15) is 0 Å². The van der Waals surface area contributed by atoms with E-state index in [1.54, 1.807) is 0 Å². The minimum absolute atomic E-state index is 0.433. The van der Waals surface area contributed by atoms with E-state index in [2.05, 4.69) is 55.6 Å². The van der Waals surface area contributed by atoms with Gasteiger partial charge >= 0.3 is 0 Å². The van der Waals surface area contributed by atoms with Gasteiger partial charge in [-0.3, -0.25) is 0 Å². The van der Waals surface area contributed by atoms with Crippen LogP contribution in [0, 0.1) is 0 Å². The number of hydrogen-bond acceptors (Lipinski definition) is 1. The highest BCUT2D eigenvalue weighted by Gasteiger charge is 2.09. The number of hydrogen-bond donors (Lipinski definition) is 1. The maximum atomic E-state index is 5.95.